The number of sulfonamides is 1. The molecule has 0 aromatic heterocycles. The molecule has 180 valence electrons. The van der Waals surface area contributed by atoms with Crippen molar-refractivity contribution in [2.75, 3.05) is 17.5 Å². The molecule has 0 saturated carbocycles. The monoisotopic (exact) mass is 485 g/mol. The molecule has 0 atom stereocenters. The van der Waals surface area contributed by atoms with Gasteiger partial charge in [0.2, 0.25) is 0 Å². The van der Waals surface area contributed by atoms with E-state index in [0.29, 0.717) is 24.2 Å². The molecule has 0 unspecified atom stereocenters. The van der Waals surface area contributed by atoms with Gasteiger partial charge in [-0.1, -0.05) is 30.3 Å². The van der Waals surface area contributed by atoms with Gasteiger partial charge >= 0.3 is 12.0 Å². The number of ether oxygens (including phenoxy) is 1. The van der Waals surface area contributed by atoms with Crippen molar-refractivity contribution in [1.29, 1.82) is 0 Å². The summed E-state index contributed by atoms with van der Waals surface area (Å²) in [6, 6.07) is 12.8. The highest BCUT2D eigenvalue weighted by atomic mass is 32.2. The molecular weight excluding hydrogens is 458 g/mol. The maximum absolute atomic E-state index is 13.0. The molecule has 0 radical (unpaired) electrons. The molecule has 0 aliphatic carbocycles. The van der Waals surface area contributed by atoms with E-state index in [4.69, 9.17) is 4.74 Å². The first-order valence-electron chi connectivity index (χ1n) is 10.6. The van der Waals surface area contributed by atoms with Gasteiger partial charge in [-0.05, 0) is 62.6 Å². The number of carbonyl (C=O) groups excluding carboxylic acids is 3. The summed E-state index contributed by atoms with van der Waals surface area (Å²) < 4.78 is 32.3. The molecule has 34 heavy (non-hydrogen) atoms. The van der Waals surface area contributed by atoms with Crippen LogP contribution < -0.4 is 14.9 Å². The topological polar surface area (TPSA) is 122 Å². The summed E-state index contributed by atoms with van der Waals surface area (Å²) in [5.41, 5.74) is 1.74. The van der Waals surface area contributed by atoms with Crippen LogP contribution in [0.1, 0.15) is 31.9 Å². The fourth-order valence-corrected chi connectivity index (χ4v) is 4.82. The average Bonchev–Trinajstić information content (AvgIpc) is 3.20. The standard InChI is InChI=1S/C24H27N3O6S/c1-24(2,3)26-23(30)25-21(28)16-33-22(29)13-10-17-8-11-19(12-9-17)34(31,32)27-15-14-18-6-4-5-7-20(18)27/h4-13H,14-16H2,1-3H3,(H2,25,26,28,30)/b13-10+. The molecule has 3 rings (SSSR count). The van der Waals surface area contributed by atoms with Crippen molar-refractivity contribution < 1.29 is 27.5 Å². The predicted molar refractivity (Wildman–Crippen MR) is 128 cm³/mol. The lowest BCUT2D eigenvalue weighted by Crippen LogP contribution is -2.49. The van der Waals surface area contributed by atoms with Crippen LogP contribution in [0, 0.1) is 0 Å². The quantitative estimate of drug-likeness (QED) is 0.479. The minimum atomic E-state index is -3.70. The van der Waals surface area contributed by atoms with Crippen LogP contribution in [0.2, 0.25) is 0 Å². The third kappa shape index (κ3) is 6.44. The van der Waals surface area contributed by atoms with E-state index < -0.39 is 40.1 Å². The highest BCUT2D eigenvalue weighted by Gasteiger charge is 2.30. The number of esters is 1. The Morgan fingerprint density at radius 1 is 1.06 bits per heavy atom. The molecule has 3 amide bonds. The van der Waals surface area contributed by atoms with Gasteiger partial charge in [-0.3, -0.25) is 14.4 Å². The summed E-state index contributed by atoms with van der Waals surface area (Å²) in [5.74, 6) is -1.54. The summed E-state index contributed by atoms with van der Waals surface area (Å²) in [4.78, 5) is 35.3. The van der Waals surface area contributed by atoms with Gasteiger partial charge < -0.3 is 10.1 Å². The number of rotatable bonds is 6. The Morgan fingerprint density at radius 2 is 1.74 bits per heavy atom. The van der Waals surface area contributed by atoms with Gasteiger partial charge in [0.1, 0.15) is 0 Å². The summed E-state index contributed by atoms with van der Waals surface area (Å²) in [5, 5.41) is 4.62. The molecule has 0 bridgehead atoms. The van der Waals surface area contributed by atoms with Gasteiger partial charge in [0.25, 0.3) is 15.9 Å². The number of fused-ring (bicyclic) bond motifs is 1. The number of nitrogens with zero attached hydrogens (tertiary/aromatic N) is 1. The number of para-hydroxylation sites is 1. The fourth-order valence-electron chi connectivity index (χ4n) is 3.32. The zero-order valence-corrected chi connectivity index (χ0v) is 20.0. The Balaban J connectivity index is 1.54. The van der Waals surface area contributed by atoms with E-state index in [9.17, 15) is 22.8 Å². The van der Waals surface area contributed by atoms with Gasteiger partial charge in [-0.2, -0.15) is 0 Å². The van der Waals surface area contributed by atoms with Gasteiger partial charge in [0.15, 0.2) is 6.61 Å². The third-order valence-electron chi connectivity index (χ3n) is 4.81. The number of imide groups is 1. The van der Waals surface area contributed by atoms with Crippen LogP contribution in [-0.2, 0) is 30.8 Å². The number of carbonyl (C=O) groups is 3. The van der Waals surface area contributed by atoms with E-state index in [1.54, 1.807) is 39.0 Å². The second-order valence-electron chi connectivity index (χ2n) is 8.72. The lowest BCUT2D eigenvalue weighted by atomic mass is 10.1. The fraction of sp³-hybridized carbons (Fsp3) is 0.292. The predicted octanol–water partition coefficient (Wildman–Crippen LogP) is 2.62. The molecule has 2 aromatic carbocycles. The number of amides is 3. The van der Waals surface area contributed by atoms with Crippen LogP contribution in [0.3, 0.4) is 0 Å². The highest BCUT2D eigenvalue weighted by Crippen LogP contribution is 2.32. The Hall–Kier alpha value is -3.66. The van der Waals surface area contributed by atoms with Crippen molar-refractivity contribution >= 4 is 39.7 Å². The highest BCUT2D eigenvalue weighted by molar-refractivity contribution is 7.92. The third-order valence-corrected chi connectivity index (χ3v) is 6.64. The number of hydrogen-bond acceptors (Lipinski definition) is 6. The lowest BCUT2D eigenvalue weighted by molar-refractivity contribution is -0.143. The first-order chi connectivity index (χ1) is 16.0. The second kappa shape index (κ2) is 10.1. The molecule has 1 aliphatic heterocycles. The zero-order chi connectivity index (χ0) is 24.9. The van der Waals surface area contributed by atoms with Crippen LogP contribution in [0.15, 0.2) is 59.5 Å². The molecule has 9 nitrogen and oxygen atoms in total. The van der Waals surface area contributed by atoms with Gasteiger partial charge in [0.05, 0.1) is 10.6 Å². The van der Waals surface area contributed by atoms with E-state index in [0.717, 1.165) is 11.6 Å². The Bertz CT molecular complexity index is 1210. The zero-order valence-electron chi connectivity index (χ0n) is 19.2. The Kier molecular flexibility index (Phi) is 7.41. The molecule has 0 saturated heterocycles. The first kappa shape index (κ1) is 25.0. The van der Waals surface area contributed by atoms with E-state index in [2.05, 4.69) is 10.6 Å². The Labute approximate surface area is 198 Å². The summed E-state index contributed by atoms with van der Waals surface area (Å²) in [7, 11) is -3.70. The van der Waals surface area contributed by atoms with Crippen molar-refractivity contribution in [3.8, 4) is 0 Å². The minimum Gasteiger partial charge on any atom is -0.452 e. The van der Waals surface area contributed by atoms with Crippen molar-refractivity contribution in [1.82, 2.24) is 10.6 Å². The van der Waals surface area contributed by atoms with Crippen LogP contribution in [0.4, 0.5) is 10.5 Å². The molecular formula is C24H27N3O6S. The molecule has 1 aliphatic rings. The molecule has 1 heterocycles. The first-order valence-corrected chi connectivity index (χ1v) is 12.1. The normalized spacial score (nSPS) is 13.4. The van der Waals surface area contributed by atoms with E-state index in [1.807, 2.05) is 18.2 Å². The summed E-state index contributed by atoms with van der Waals surface area (Å²) >= 11 is 0. The molecule has 10 heteroatoms. The second-order valence-corrected chi connectivity index (χ2v) is 10.6. The van der Waals surface area contributed by atoms with Crippen molar-refractivity contribution in [3.63, 3.8) is 0 Å². The van der Waals surface area contributed by atoms with Crippen LogP contribution in [0.25, 0.3) is 6.08 Å². The molecule has 2 aromatic rings. The maximum atomic E-state index is 13.0. The van der Waals surface area contributed by atoms with E-state index >= 15 is 0 Å². The van der Waals surface area contributed by atoms with Crippen molar-refractivity contribution in [2.24, 2.45) is 0 Å². The number of urea groups is 1. The van der Waals surface area contributed by atoms with Crippen molar-refractivity contribution in [2.45, 2.75) is 37.6 Å². The van der Waals surface area contributed by atoms with Crippen LogP contribution in [-0.4, -0.2) is 45.0 Å². The largest absolute Gasteiger partial charge is 0.452 e. The summed E-state index contributed by atoms with van der Waals surface area (Å²) in [6.45, 7) is 5.05. The molecule has 0 spiro atoms. The number of hydrogen-bond donors (Lipinski definition) is 2. The van der Waals surface area contributed by atoms with Crippen LogP contribution >= 0.6 is 0 Å². The number of benzene rings is 2. The van der Waals surface area contributed by atoms with E-state index in [1.165, 1.54) is 22.5 Å². The van der Waals surface area contributed by atoms with E-state index in [-0.39, 0.29) is 4.90 Å². The van der Waals surface area contributed by atoms with Crippen molar-refractivity contribution in [3.05, 3.63) is 65.7 Å². The molecule has 0 fully saturated rings. The number of anilines is 1. The minimum absolute atomic E-state index is 0.147. The lowest BCUT2D eigenvalue weighted by Gasteiger charge is -2.20. The average molecular weight is 486 g/mol. The maximum Gasteiger partial charge on any atom is 0.331 e. The number of nitrogens with one attached hydrogen (secondary N) is 2. The molecule has 2 N–H and O–H groups in total. The van der Waals surface area contributed by atoms with Gasteiger partial charge in [-0.25, -0.2) is 18.0 Å². The van der Waals surface area contributed by atoms with Gasteiger partial charge in [-0.15, -0.1) is 0 Å². The smallest absolute Gasteiger partial charge is 0.331 e. The van der Waals surface area contributed by atoms with Crippen LogP contribution in [0.5, 0.6) is 0 Å². The summed E-state index contributed by atoms with van der Waals surface area (Å²) in [6.07, 6.45) is 3.22. The van der Waals surface area contributed by atoms with Gasteiger partial charge in [0, 0.05) is 18.2 Å². The SMILES string of the molecule is CC(C)(C)NC(=O)NC(=O)COC(=O)/C=C/c1ccc(S(=O)(=O)N2CCc3ccccc32)cc1. The Morgan fingerprint density at radius 3 is 2.41 bits per heavy atom.